The maximum absolute atomic E-state index is 11.3. The number of allylic oxidation sites excluding steroid dienone is 2. The molecule has 0 heterocycles. The molecule has 0 saturated heterocycles. The Balaban J connectivity index is 3.03. The minimum absolute atomic E-state index is 0.175. The van der Waals surface area contributed by atoms with Crippen molar-refractivity contribution in [2.75, 3.05) is 0 Å². The Labute approximate surface area is 86.0 Å². The highest BCUT2D eigenvalue weighted by Gasteiger charge is 2.47. The van der Waals surface area contributed by atoms with Gasteiger partial charge < -0.3 is 5.11 Å². The molecule has 0 saturated carbocycles. The second-order valence-corrected chi connectivity index (χ2v) is 4.70. The highest BCUT2D eigenvalue weighted by atomic mass is 16.4. The third kappa shape index (κ3) is 1.58. The molecule has 0 aliphatic heterocycles. The van der Waals surface area contributed by atoms with Gasteiger partial charge >= 0.3 is 5.97 Å². The predicted molar refractivity (Wildman–Crippen MR) is 57.1 cm³/mol. The summed E-state index contributed by atoms with van der Waals surface area (Å²) in [6, 6.07) is 0. The highest BCUT2D eigenvalue weighted by Crippen LogP contribution is 2.48. The summed E-state index contributed by atoms with van der Waals surface area (Å²) >= 11 is 0. The summed E-state index contributed by atoms with van der Waals surface area (Å²) in [6.45, 7) is 5.90. The van der Waals surface area contributed by atoms with Gasteiger partial charge in [-0.15, -0.1) is 0 Å². The van der Waals surface area contributed by atoms with Gasteiger partial charge in [0.15, 0.2) is 0 Å². The summed E-state index contributed by atoms with van der Waals surface area (Å²) in [7, 11) is 0. The average Bonchev–Trinajstić information content (AvgIpc) is 2.17. The van der Waals surface area contributed by atoms with E-state index in [1.165, 1.54) is 0 Å². The molecule has 0 aromatic rings. The molecule has 0 aromatic heterocycles. The first-order valence-electron chi connectivity index (χ1n) is 5.37. The standard InChI is InChI=1S/C12H20O2/c1-4-12(3,10(13)14)11(2)8-6-5-7-9-11/h6,8H,4-5,7,9H2,1-3H3,(H,13,14)/t11-,12-/m1/s1. The Morgan fingerprint density at radius 3 is 2.64 bits per heavy atom. The van der Waals surface area contributed by atoms with Gasteiger partial charge in [0.2, 0.25) is 0 Å². The van der Waals surface area contributed by atoms with Crippen LogP contribution < -0.4 is 0 Å². The number of carbonyl (C=O) groups is 1. The molecule has 2 atom stereocenters. The van der Waals surface area contributed by atoms with Crippen LogP contribution in [0.5, 0.6) is 0 Å². The van der Waals surface area contributed by atoms with E-state index in [9.17, 15) is 9.90 Å². The summed E-state index contributed by atoms with van der Waals surface area (Å²) in [4.78, 5) is 11.3. The van der Waals surface area contributed by atoms with Crippen LogP contribution >= 0.6 is 0 Å². The lowest BCUT2D eigenvalue weighted by molar-refractivity contribution is -0.154. The molecule has 2 nitrogen and oxygen atoms in total. The van der Waals surface area contributed by atoms with Gasteiger partial charge in [-0.05, 0) is 32.6 Å². The van der Waals surface area contributed by atoms with Crippen molar-refractivity contribution in [3.63, 3.8) is 0 Å². The lowest BCUT2D eigenvalue weighted by atomic mass is 9.60. The normalized spacial score (nSPS) is 31.1. The van der Waals surface area contributed by atoms with Crippen molar-refractivity contribution >= 4 is 5.97 Å². The van der Waals surface area contributed by atoms with Crippen molar-refractivity contribution in [3.8, 4) is 0 Å². The van der Waals surface area contributed by atoms with E-state index < -0.39 is 11.4 Å². The third-order valence-corrected chi connectivity index (χ3v) is 3.99. The van der Waals surface area contributed by atoms with Gasteiger partial charge in [0, 0.05) is 5.41 Å². The molecule has 80 valence electrons. The second-order valence-electron chi connectivity index (χ2n) is 4.70. The maximum Gasteiger partial charge on any atom is 0.310 e. The van der Waals surface area contributed by atoms with E-state index in [2.05, 4.69) is 19.1 Å². The van der Waals surface area contributed by atoms with Gasteiger partial charge in [-0.1, -0.05) is 26.0 Å². The van der Waals surface area contributed by atoms with E-state index >= 15 is 0 Å². The van der Waals surface area contributed by atoms with Crippen molar-refractivity contribution in [3.05, 3.63) is 12.2 Å². The Morgan fingerprint density at radius 2 is 2.29 bits per heavy atom. The maximum atomic E-state index is 11.3. The van der Waals surface area contributed by atoms with Crippen molar-refractivity contribution in [2.24, 2.45) is 10.8 Å². The van der Waals surface area contributed by atoms with E-state index in [0.29, 0.717) is 6.42 Å². The number of carboxylic acid groups (broad SMARTS) is 1. The van der Waals surface area contributed by atoms with E-state index in [1.54, 1.807) is 0 Å². The molecule has 0 fully saturated rings. The van der Waals surface area contributed by atoms with Gasteiger partial charge in [-0.25, -0.2) is 0 Å². The lowest BCUT2D eigenvalue weighted by Crippen LogP contribution is -2.43. The highest BCUT2D eigenvalue weighted by molar-refractivity contribution is 5.75. The summed E-state index contributed by atoms with van der Waals surface area (Å²) in [5.74, 6) is -0.672. The largest absolute Gasteiger partial charge is 0.481 e. The molecule has 0 amide bonds. The van der Waals surface area contributed by atoms with E-state index in [-0.39, 0.29) is 5.41 Å². The number of hydrogen-bond acceptors (Lipinski definition) is 1. The third-order valence-electron chi connectivity index (χ3n) is 3.99. The number of rotatable bonds is 3. The predicted octanol–water partition coefficient (Wildman–Crippen LogP) is 3.23. The molecule has 1 aliphatic carbocycles. The summed E-state index contributed by atoms with van der Waals surface area (Å²) in [5, 5.41) is 9.32. The summed E-state index contributed by atoms with van der Waals surface area (Å²) < 4.78 is 0. The van der Waals surface area contributed by atoms with E-state index in [0.717, 1.165) is 19.3 Å². The molecule has 1 rings (SSSR count). The zero-order valence-electron chi connectivity index (χ0n) is 9.34. The first-order valence-corrected chi connectivity index (χ1v) is 5.37. The first kappa shape index (κ1) is 11.3. The smallest absolute Gasteiger partial charge is 0.310 e. The minimum Gasteiger partial charge on any atom is -0.481 e. The molecule has 2 heteroatoms. The van der Waals surface area contributed by atoms with E-state index in [4.69, 9.17) is 0 Å². The molecule has 0 aromatic carbocycles. The molecule has 0 bridgehead atoms. The molecule has 1 N–H and O–H groups in total. The van der Waals surface area contributed by atoms with Crippen molar-refractivity contribution in [1.82, 2.24) is 0 Å². The lowest BCUT2D eigenvalue weighted by Gasteiger charge is -2.42. The van der Waals surface area contributed by atoms with Crippen LogP contribution in [0.25, 0.3) is 0 Å². The van der Waals surface area contributed by atoms with Crippen LogP contribution in [0.2, 0.25) is 0 Å². The fourth-order valence-electron chi connectivity index (χ4n) is 2.27. The summed E-state index contributed by atoms with van der Waals surface area (Å²) in [6.07, 6.45) is 8.10. The molecule has 14 heavy (non-hydrogen) atoms. The van der Waals surface area contributed by atoms with Crippen LogP contribution in [-0.4, -0.2) is 11.1 Å². The van der Waals surface area contributed by atoms with Crippen LogP contribution in [0, 0.1) is 10.8 Å². The number of hydrogen-bond donors (Lipinski definition) is 1. The van der Waals surface area contributed by atoms with Crippen LogP contribution in [0.3, 0.4) is 0 Å². The van der Waals surface area contributed by atoms with Gasteiger partial charge in [0.05, 0.1) is 5.41 Å². The van der Waals surface area contributed by atoms with Crippen molar-refractivity contribution < 1.29 is 9.90 Å². The Hall–Kier alpha value is -0.790. The molecule has 0 unspecified atom stereocenters. The van der Waals surface area contributed by atoms with Crippen molar-refractivity contribution in [2.45, 2.75) is 46.5 Å². The van der Waals surface area contributed by atoms with Gasteiger partial charge in [0.1, 0.15) is 0 Å². The van der Waals surface area contributed by atoms with Crippen LogP contribution in [-0.2, 0) is 4.79 Å². The zero-order chi connectivity index (χ0) is 10.8. The average molecular weight is 196 g/mol. The quantitative estimate of drug-likeness (QED) is 0.703. The zero-order valence-corrected chi connectivity index (χ0v) is 9.34. The Bertz CT molecular complexity index is 257. The summed E-state index contributed by atoms with van der Waals surface area (Å²) in [5.41, 5.74) is -0.796. The SMILES string of the molecule is CC[C@](C)(C(=O)O)[C@]1(C)C=CCCC1. The van der Waals surface area contributed by atoms with Gasteiger partial charge in [-0.3, -0.25) is 4.79 Å². The molecule has 0 spiro atoms. The fourth-order valence-corrected chi connectivity index (χ4v) is 2.27. The van der Waals surface area contributed by atoms with Crippen LogP contribution in [0.1, 0.15) is 46.5 Å². The molecule has 0 radical (unpaired) electrons. The molecular formula is C12H20O2. The number of aliphatic carboxylic acids is 1. The fraction of sp³-hybridized carbons (Fsp3) is 0.750. The Kier molecular flexibility index (Phi) is 3.03. The van der Waals surface area contributed by atoms with Crippen LogP contribution in [0.15, 0.2) is 12.2 Å². The Morgan fingerprint density at radius 1 is 1.64 bits per heavy atom. The monoisotopic (exact) mass is 196 g/mol. The van der Waals surface area contributed by atoms with Crippen molar-refractivity contribution in [1.29, 1.82) is 0 Å². The second kappa shape index (κ2) is 3.76. The molecule has 1 aliphatic rings. The first-order chi connectivity index (χ1) is 6.46. The minimum atomic E-state index is -0.672. The van der Waals surface area contributed by atoms with E-state index in [1.807, 2.05) is 13.8 Å². The topological polar surface area (TPSA) is 37.3 Å². The van der Waals surface area contributed by atoms with Gasteiger partial charge in [0.25, 0.3) is 0 Å². The van der Waals surface area contributed by atoms with Crippen LogP contribution in [0.4, 0.5) is 0 Å². The number of carboxylic acids is 1. The van der Waals surface area contributed by atoms with Gasteiger partial charge in [-0.2, -0.15) is 0 Å². The molecular weight excluding hydrogens is 176 g/mol.